The SMILES string of the molecule is CCCc1ccc(SCc2ccc([C@H]3CC[C@H](CCC)CC3)cc2)c(Cl)c1. The van der Waals surface area contributed by atoms with Crippen LogP contribution in [0, 0.1) is 5.92 Å². The Morgan fingerprint density at radius 3 is 2.22 bits per heavy atom. The molecule has 1 aliphatic carbocycles. The standard InChI is InChI=1S/C25H33ClS/c1-3-5-19-7-12-22(13-8-19)23-14-9-21(10-15-23)18-27-25-16-11-20(6-4-2)17-24(25)26/h9-11,14-17,19,22H,3-8,12-13,18H2,1-2H3/t19-,22-. The number of hydrogen-bond acceptors (Lipinski definition) is 1. The third-order valence-corrected chi connectivity index (χ3v) is 7.49. The van der Waals surface area contributed by atoms with E-state index >= 15 is 0 Å². The Bertz CT molecular complexity index is 699. The predicted molar refractivity (Wildman–Crippen MR) is 121 cm³/mol. The van der Waals surface area contributed by atoms with Crippen LogP contribution >= 0.6 is 23.4 Å². The maximum absolute atomic E-state index is 6.47. The van der Waals surface area contributed by atoms with E-state index in [2.05, 4.69) is 56.3 Å². The molecule has 1 saturated carbocycles. The van der Waals surface area contributed by atoms with Crippen LogP contribution in [-0.2, 0) is 12.2 Å². The Balaban J connectivity index is 1.52. The van der Waals surface area contributed by atoms with Crippen molar-refractivity contribution in [2.45, 2.75) is 81.8 Å². The summed E-state index contributed by atoms with van der Waals surface area (Å²) in [5.41, 5.74) is 4.27. The highest BCUT2D eigenvalue weighted by Gasteiger charge is 2.21. The Morgan fingerprint density at radius 2 is 1.59 bits per heavy atom. The largest absolute Gasteiger partial charge is 0.120 e. The van der Waals surface area contributed by atoms with E-state index in [-0.39, 0.29) is 0 Å². The number of benzene rings is 2. The van der Waals surface area contributed by atoms with Crippen molar-refractivity contribution in [1.29, 1.82) is 0 Å². The van der Waals surface area contributed by atoms with Crippen molar-refractivity contribution in [2.75, 3.05) is 0 Å². The minimum atomic E-state index is 0.778. The van der Waals surface area contributed by atoms with E-state index in [1.54, 1.807) is 5.56 Å². The number of rotatable bonds is 8. The molecule has 3 rings (SSSR count). The van der Waals surface area contributed by atoms with Gasteiger partial charge >= 0.3 is 0 Å². The molecule has 0 nitrogen and oxygen atoms in total. The fraction of sp³-hybridized carbons (Fsp3) is 0.520. The molecule has 0 aromatic heterocycles. The van der Waals surface area contributed by atoms with Crippen LogP contribution in [0.5, 0.6) is 0 Å². The van der Waals surface area contributed by atoms with E-state index < -0.39 is 0 Å². The fourth-order valence-electron chi connectivity index (χ4n) is 4.35. The van der Waals surface area contributed by atoms with Crippen LogP contribution in [0.4, 0.5) is 0 Å². The molecule has 0 N–H and O–H groups in total. The van der Waals surface area contributed by atoms with Crippen LogP contribution in [-0.4, -0.2) is 0 Å². The highest BCUT2D eigenvalue weighted by Crippen LogP contribution is 2.38. The molecule has 0 bridgehead atoms. The van der Waals surface area contributed by atoms with Crippen LogP contribution < -0.4 is 0 Å². The monoisotopic (exact) mass is 400 g/mol. The summed E-state index contributed by atoms with van der Waals surface area (Å²) < 4.78 is 0. The van der Waals surface area contributed by atoms with E-state index in [1.165, 1.54) is 54.5 Å². The molecule has 0 unspecified atom stereocenters. The van der Waals surface area contributed by atoms with Crippen LogP contribution in [0.3, 0.4) is 0 Å². The highest BCUT2D eigenvalue weighted by molar-refractivity contribution is 7.98. The van der Waals surface area contributed by atoms with Crippen molar-refractivity contribution in [2.24, 2.45) is 5.92 Å². The summed E-state index contributed by atoms with van der Waals surface area (Å²) in [6, 6.07) is 15.9. The van der Waals surface area contributed by atoms with Gasteiger partial charge in [0.15, 0.2) is 0 Å². The van der Waals surface area contributed by atoms with Gasteiger partial charge < -0.3 is 0 Å². The van der Waals surface area contributed by atoms with Gasteiger partial charge in [-0.2, -0.15) is 0 Å². The zero-order chi connectivity index (χ0) is 19.1. The lowest BCUT2D eigenvalue weighted by Crippen LogP contribution is -2.13. The summed E-state index contributed by atoms with van der Waals surface area (Å²) in [5, 5.41) is 0.895. The van der Waals surface area contributed by atoms with Gasteiger partial charge in [0.25, 0.3) is 0 Å². The van der Waals surface area contributed by atoms with Crippen LogP contribution in [0.2, 0.25) is 5.02 Å². The molecule has 1 fully saturated rings. The lowest BCUT2D eigenvalue weighted by Gasteiger charge is -2.28. The molecule has 27 heavy (non-hydrogen) atoms. The van der Waals surface area contributed by atoms with Gasteiger partial charge in [-0.1, -0.05) is 75.0 Å². The summed E-state index contributed by atoms with van der Waals surface area (Å²) in [6.45, 7) is 4.52. The van der Waals surface area contributed by atoms with Gasteiger partial charge in [0.05, 0.1) is 5.02 Å². The van der Waals surface area contributed by atoms with E-state index in [9.17, 15) is 0 Å². The van der Waals surface area contributed by atoms with Gasteiger partial charge in [-0.3, -0.25) is 0 Å². The first-order chi connectivity index (χ1) is 13.2. The van der Waals surface area contributed by atoms with Crippen molar-refractivity contribution in [1.82, 2.24) is 0 Å². The fourth-order valence-corrected chi connectivity index (χ4v) is 5.59. The van der Waals surface area contributed by atoms with Crippen molar-refractivity contribution in [3.63, 3.8) is 0 Å². The third-order valence-electron chi connectivity index (χ3n) is 5.92. The Hall–Kier alpha value is -0.920. The van der Waals surface area contributed by atoms with Crippen molar-refractivity contribution < 1.29 is 0 Å². The van der Waals surface area contributed by atoms with E-state index in [4.69, 9.17) is 11.6 Å². The normalized spacial score (nSPS) is 20.0. The summed E-state index contributed by atoms with van der Waals surface area (Å²) in [5.74, 6) is 2.74. The molecule has 0 saturated heterocycles. The predicted octanol–water partition coefficient (Wildman–Crippen LogP) is 8.66. The molecule has 2 aromatic rings. The second-order valence-electron chi connectivity index (χ2n) is 8.05. The molecule has 0 amide bonds. The van der Waals surface area contributed by atoms with Gasteiger partial charge in [0.1, 0.15) is 0 Å². The minimum Gasteiger partial charge on any atom is -0.120 e. The Morgan fingerprint density at radius 1 is 0.889 bits per heavy atom. The second kappa shape index (κ2) is 10.6. The summed E-state index contributed by atoms with van der Waals surface area (Å²) in [7, 11) is 0. The van der Waals surface area contributed by atoms with Gasteiger partial charge in [-0.15, -0.1) is 11.8 Å². The third kappa shape index (κ3) is 6.03. The molecule has 146 valence electrons. The Kier molecular flexibility index (Phi) is 8.15. The van der Waals surface area contributed by atoms with Gasteiger partial charge in [0, 0.05) is 10.6 Å². The van der Waals surface area contributed by atoms with Crippen LogP contribution in [0.15, 0.2) is 47.4 Å². The number of halogens is 1. The molecule has 0 radical (unpaired) electrons. The highest BCUT2D eigenvalue weighted by atomic mass is 35.5. The minimum absolute atomic E-state index is 0.778. The maximum atomic E-state index is 6.47. The van der Waals surface area contributed by atoms with Gasteiger partial charge in [-0.25, -0.2) is 0 Å². The summed E-state index contributed by atoms with van der Waals surface area (Å²) in [6.07, 6.45) is 10.6. The smallest absolute Gasteiger partial charge is 0.0544 e. The van der Waals surface area contributed by atoms with Crippen molar-refractivity contribution >= 4 is 23.4 Å². The topological polar surface area (TPSA) is 0 Å². The van der Waals surface area contributed by atoms with E-state index in [0.29, 0.717) is 0 Å². The number of hydrogen-bond donors (Lipinski definition) is 0. The Labute approximate surface area is 175 Å². The number of thioether (sulfide) groups is 1. The van der Waals surface area contributed by atoms with E-state index in [1.807, 2.05) is 11.8 Å². The van der Waals surface area contributed by atoms with Crippen LogP contribution in [0.1, 0.15) is 81.4 Å². The molecule has 2 aromatic carbocycles. The lowest BCUT2D eigenvalue weighted by molar-refractivity contribution is 0.308. The first-order valence-electron chi connectivity index (χ1n) is 10.7. The zero-order valence-corrected chi connectivity index (χ0v) is 18.4. The first kappa shape index (κ1) is 20.8. The molecule has 0 aliphatic heterocycles. The maximum Gasteiger partial charge on any atom is 0.0544 e. The summed E-state index contributed by atoms with van der Waals surface area (Å²) >= 11 is 8.31. The van der Waals surface area contributed by atoms with Gasteiger partial charge in [0.2, 0.25) is 0 Å². The molecule has 2 heteroatoms. The van der Waals surface area contributed by atoms with Crippen LogP contribution in [0.25, 0.3) is 0 Å². The average Bonchev–Trinajstić information content (AvgIpc) is 2.69. The molecule has 0 atom stereocenters. The lowest BCUT2D eigenvalue weighted by atomic mass is 9.77. The average molecular weight is 401 g/mol. The quantitative estimate of drug-likeness (QED) is 0.399. The molecule has 1 aliphatic rings. The van der Waals surface area contributed by atoms with Crippen molar-refractivity contribution in [3.8, 4) is 0 Å². The molecule has 0 spiro atoms. The second-order valence-corrected chi connectivity index (χ2v) is 9.48. The molecule has 0 heterocycles. The first-order valence-corrected chi connectivity index (χ1v) is 12.1. The zero-order valence-electron chi connectivity index (χ0n) is 16.8. The van der Waals surface area contributed by atoms with Gasteiger partial charge in [-0.05, 0) is 72.8 Å². The molecular weight excluding hydrogens is 368 g/mol. The van der Waals surface area contributed by atoms with Crippen molar-refractivity contribution in [3.05, 3.63) is 64.2 Å². The molecular formula is C25H33ClS. The number of aryl methyl sites for hydroxylation is 1. The van der Waals surface area contributed by atoms with E-state index in [0.717, 1.165) is 35.5 Å². The summed E-state index contributed by atoms with van der Waals surface area (Å²) in [4.78, 5) is 1.19.